The molecule has 1 fully saturated rings. The smallest absolute Gasteiger partial charge is 0.294 e. The maximum absolute atomic E-state index is 14.1. The first-order chi connectivity index (χ1) is 18.9. The summed E-state index contributed by atoms with van der Waals surface area (Å²) in [6.07, 6.45) is 3.36. The summed E-state index contributed by atoms with van der Waals surface area (Å²) in [4.78, 5) is 28.3. The Morgan fingerprint density at radius 1 is 1.25 bits per heavy atom. The number of benzene rings is 2. The fourth-order valence-corrected chi connectivity index (χ4v) is 4.88. The lowest BCUT2D eigenvalue weighted by atomic mass is 9.96. The number of methoxy groups -OCH3 is 1. The lowest BCUT2D eigenvalue weighted by molar-refractivity contribution is -0.384. The van der Waals surface area contributed by atoms with Gasteiger partial charge in [-0.25, -0.2) is 14.4 Å². The minimum Gasteiger partial charge on any atom is -0.494 e. The topological polar surface area (TPSA) is 142 Å². The van der Waals surface area contributed by atoms with E-state index in [1.807, 2.05) is 11.9 Å². The number of likely N-dealkylation sites (N-methyl/N-ethyl adjacent to an activating group) is 2. The standard InChI is InChI=1S/C26H32ClFN8O4/c1-26(2,37)16-9-18(28)17(27)10-19(16)31-24-29-14-30-25(33-24)32-20-11-22(36(38)39)21(12-23(20)40-5)35(4)13-15-7-6-8-34(15)3/h9-12,14-15,37H,6-8,13H2,1-5H3,(H2,29,30,31,32,33)/t15-/m1/s1. The number of nitro benzene ring substituents is 1. The summed E-state index contributed by atoms with van der Waals surface area (Å²) in [6.45, 7) is 4.65. The van der Waals surface area contributed by atoms with Gasteiger partial charge < -0.3 is 30.3 Å². The van der Waals surface area contributed by atoms with Crippen molar-refractivity contribution in [2.75, 3.05) is 49.8 Å². The molecule has 0 spiro atoms. The minimum atomic E-state index is -1.39. The number of aromatic nitrogens is 3. The summed E-state index contributed by atoms with van der Waals surface area (Å²) < 4.78 is 19.7. The van der Waals surface area contributed by atoms with Gasteiger partial charge in [-0.15, -0.1) is 0 Å². The van der Waals surface area contributed by atoms with Crippen LogP contribution in [0.15, 0.2) is 30.6 Å². The lowest BCUT2D eigenvalue weighted by Crippen LogP contribution is -2.36. The fourth-order valence-electron chi connectivity index (χ4n) is 4.71. The molecule has 1 saturated heterocycles. The number of likely N-dealkylation sites (tertiary alicyclic amines) is 1. The van der Waals surface area contributed by atoms with Crippen molar-refractivity contribution in [2.45, 2.75) is 38.3 Å². The Hall–Kier alpha value is -3.81. The van der Waals surface area contributed by atoms with Crippen molar-refractivity contribution in [3.8, 4) is 5.75 Å². The van der Waals surface area contributed by atoms with Gasteiger partial charge in [-0.1, -0.05) is 11.6 Å². The number of hydrogen-bond acceptors (Lipinski definition) is 11. The second-order valence-electron chi connectivity index (χ2n) is 10.2. The molecule has 1 aliphatic rings. The third kappa shape index (κ3) is 6.49. The molecular weight excluding hydrogens is 543 g/mol. The number of nitro groups is 1. The Morgan fingerprint density at radius 3 is 2.50 bits per heavy atom. The maximum Gasteiger partial charge on any atom is 0.294 e. The number of halogens is 2. The zero-order valence-electron chi connectivity index (χ0n) is 22.9. The zero-order chi connectivity index (χ0) is 29.2. The number of ether oxygens (including phenoxy) is 1. The van der Waals surface area contributed by atoms with Crippen molar-refractivity contribution >= 4 is 46.2 Å². The van der Waals surface area contributed by atoms with Gasteiger partial charge >= 0.3 is 0 Å². The number of nitrogens with one attached hydrogen (secondary N) is 2. The highest BCUT2D eigenvalue weighted by atomic mass is 35.5. The molecule has 1 aliphatic heterocycles. The molecule has 0 bridgehead atoms. The highest BCUT2D eigenvalue weighted by Crippen LogP contribution is 2.39. The van der Waals surface area contributed by atoms with Gasteiger partial charge in [-0.3, -0.25) is 10.1 Å². The van der Waals surface area contributed by atoms with Gasteiger partial charge in [0, 0.05) is 43.0 Å². The molecule has 1 atom stereocenters. The highest BCUT2D eigenvalue weighted by Gasteiger charge is 2.27. The summed E-state index contributed by atoms with van der Waals surface area (Å²) in [5, 5.41) is 28.3. The Labute approximate surface area is 236 Å². The third-order valence-corrected chi connectivity index (χ3v) is 7.13. The largest absolute Gasteiger partial charge is 0.494 e. The number of nitrogens with zero attached hydrogens (tertiary/aromatic N) is 6. The number of aliphatic hydroxyl groups is 1. The van der Waals surface area contributed by atoms with Gasteiger partial charge in [0.05, 0.1) is 28.3 Å². The predicted octanol–water partition coefficient (Wildman–Crippen LogP) is 4.83. The van der Waals surface area contributed by atoms with E-state index >= 15 is 0 Å². The second kappa shape index (κ2) is 11.7. The van der Waals surface area contributed by atoms with Crippen molar-refractivity contribution in [1.82, 2.24) is 19.9 Å². The molecule has 0 radical (unpaired) electrons. The van der Waals surface area contributed by atoms with Gasteiger partial charge in [0.1, 0.15) is 23.6 Å². The van der Waals surface area contributed by atoms with E-state index in [0.717, 1.165) is 25.5 Å². The van der Waals surface area contributed by atoms with Gasteiger partial charge in [0.15, 0.2) is 0 Å². The Kier molecular flexibility index (Phi) is 8.57. The van der Waals surface area contributed by atoms with Gasteiger partial charge in [-0.05, 0) is 52.4 Å². The van der Waals surface area contributed by atoms with Crippen LogP contribution in [0, 0.1) is 15.9 Å². The molecule has 3 N–H and O–H groups in total. The summed E-state index contributed by atoms with van der Waals surface area (Å²) in [5.41, 5.74) is -0.248. The van der Waals surface area contributed by atoms with Crippen molar-refractivity contribution in [2.24, 2.45) is 0 Å². The van der Waals surface area contributed by atoms with Crippen LogP contribution in [0.2, 0.25) is 5.02 Å². The molecule has 2 aromatic carbocycles. The van der Waals surface area contributed by atoms with Gasteiger partial charge in [-0.2, -0.15) is 4.98 Å². The van der Waals surface area contributed by atoms with E-state index in [-0.39, 0.29) is 33.9 Å². The highest BCUT2D eigenvalue weighted by molar-refractivity contribution is 6.31. The molecule has 4 rings (SSSR count). The van der Waals surface area contributed by atoms with E-state index < -0.39 is 16.3 Å². The van der Waals surface area contributed by atoms with Crippen LogP contribution in [0.5, 0.6) is 5.75 Å². The molecule has 12 nitrogen and oxygen atoms in total. The quantitative estimate of drug-likeness (QED) is 0.226. The van der Waals surface area contributed by atoms with Crippen LogP contribution in [0.4, 0.5) is 39.0 Å². The summed E-state index contributed by atoms with van der Waals surface area (Å²) in [6, 6.07) is 5.76. The molecular formula is C26H32ClFN8O4. The van der Waals surface area contributed by atoms with Crippen LogP contribution >= 0.6 is 11.6 Å². The average Bonchev–Trinajstić information content (AvgIpc) is 3.29. The summed E-state index contributed by atoms with van der Waals surface area (Å²) in [7, 11) is 5.35. The number of anilines is 5. The first kappa shape index (κ1) is 29.2. The van der Waals surface area contributed by atoms with Gasteiger partial charge in [0.2, 0.25) is 11.9 Å². The summed E-state index contributed by atoms with van der Waals surface area (Å²) >= 11 is 5.97. The van der Waals surface area contributed by atoms with E-state index in [2.05, 4.69) is 37.5 Å². The van der Waals surface area contributed by atoms with Crippen LogP contribution in [0.25, 0.3) is 0 Å². The predicted molar refractivity (Wildman–Crippen MR) is 152 cm³/mol. The molecule has 3 aromatic rings. The van der Waals surface area contributed by atoms with Crippen molar-refractivity contribution in [3.63, 3.8) is 0 Å². The summed E-state index contributed by atoms with van der Waals surface area (Å²) in [5.74, 6) is -0.190. The monoisotopic (exact) mass is 574 g/mol. The molecule has 0 aliphatic carbocycles. The minimum absolute atomic E-state index is 0.0659. The Bertz CT molecular complexity index is 1400. The number of rotatable bonds is 10. The third-order valence-electron chi connectivity index (χ3n) is 6.85. The van der Waals surface area contributed by atoms with E-state index in [1.54, 1.807) is 6.07 Å². The normalized spacial score (nSPS) is 15.7. The van der Waals surface area contributed by atoms with E-state index in [1.165, 1.54) is 39.4 Å². The van der Waals surface area contributed by atoms with Crippen LogP contribution in [-0.2, 0) is 5.60 Å². The van der Waals surface area contributed by atoms with Crippen molar-refractivity contribution < 1.29 is 19.2 Å². The van der Waals surface area contributed by atoms with Crippen LogP contribution in [-0.4, -0.2) is 70.2 Å². The van der Waals surface area contributed by atoms with Crippen LogP contribution < -0.4 is 20.3 Å². The molecule has 0 unspecified atom stereocenters. The van der Waals surface area contributed by atoms with Gasteiger partial charge in [0.25, 0.3) is 5.69 Å². The van der Waals surface area contributed by atoms with Crippen LogP contribution in [0.1, 0.15) is 32.3 Å². The molecule has 14 heteroatoms. The zero-order valence-corrected chi connectivity index (χ0v) is 23.7. The molecule has 2 heterocycles. The molecule has 0 amide bonds. The van der Waals surface area contributed by atoms with E-state index in [9.17, 15) is 19.6 Å². The second-order valence-corrected chi connectivity index (χ2v) is 10.6. The first-order valence-corrected chi connectivity index (χ1v) is 13.0. The molecule has 0 saturated carbocycles. The van der Waals surface area contributed by atoms with E-state index in [4.69, 9.17) is 16.3 Å². The Morgan fingerprint density at radius 2 is 1.93 bits per heavy atom. The molecule has 1 aromatic heterocycles. The SMILES string of the molecule is COc1cc(N(C)C[C@H]2CCCN2C)c([N+](=O)[O-])cc1Nc1ncnc(Nc2cc(Cl)c(F)cc2C(C)(C)O)n1. The maximum atomic E-state index is 14.1. The van der Waals surface area contributed by atoms with Crippen LogP contribution in [0.3, 0.4) is 0 Å². The average molecular weight is 575 g/mol. The Balaban J connectivity index is 1.62. The molecule has 214 valence electrons. The molecule has 40 heavy (non-hydrogen) atoms. The fraction of sp³-hybridized carbons (Fsp3) is 0.423. The number of hydrogen-bond donors (Lipinski definition) is 3. The van der Waals surface area contributed by atoms with Crippen molar-refractivity contribution in [3.05, 3.63) is 57.1 Å². The lowest BCUT2D eigenvalue weighted by Gasteiger charge is -2.27. The van der Waals surface area contributed by atoms with E-state index in [0.29, 0.717) is 29.7 Å². The van der Waals surface area contributed by atoms with Crippen molar-refractivity contribution in [1.29, 1.82) is 0 Å². The first-order valence-electron chi connectivity index (χ1n) is 12.6.